The monoisotopic (exact) mass is 382 g/mol. The number of amides is 2. The zero-order valence-electron chi connectivity index (χ0n) is 14.4. The largest absolute Gasteiger partial charge is 0.459 e. The first-order valence-electron chi connectivity index (χ1n) is 8.46. The third-order valence-corrected chi connectivity index (χ3v) is 4.40. The predicted octanol–water partition coefficient (Wildman–Crippen LogP) is 1.28. The standard InChI is InChI=1S/C18H18F3N3O3/c19-18(20,21)13-3-5-14(6-4-13)22-16(25)12-23-7-9-24(10-8-23)17(26)15-2-1-11-27-15/h1-6,11H,7-10,12H2,(H,22,25)/p+1. The Labute approximate surface area is 153 Å². The zero-order valence-corrected chi connectivity index (χ0v) is 14.4. The van der Waals surface area contributed by atoms with Crippen molar-refractivity contribution in [3.63, 3.8) is 0 Å². The highest BCUT2D eigenvalue weighted by molar-refractivity contribution is 5.92. The number of carbonyl (C=O) groups excluding carboxylic acids is 2. The van der Waals surface area contributed by atoms with Crippen LogP contribution in [-0.2, 0) is 11.0 Å². The molecule has 3 rings (SSSR count). The molecule has 0 radical (unpaired) electrons. The van der Waals surface area contributed by atoms with Gasteiger partial charge < -0.3 is 19.5 Å². The lowest BCUT2D eigenvalue weighted by molar-refractivity contribution is -0.895. The Hall–Kier alpha value is -2.81. The molecule has 2 aromatic rings. The van der Waals surface area contributed by atoms with Crippen LogP contribution in [0.3, 0.4) is 0 Å². The van der Waals surface area contributed by atoms with E-state index in [0.717, 1.165) is 17.0 Å². The molecule has 1 aliphatic rings. The fourth-order valence-corrected chi connectivity index (χ4v) is 2.93. The second-order valence-electron chi connectivity index (χ2n) is 6.32. The van der Waals surface area contributed by atoms with Gasteiger partial charge in [-0.2, -0.15) is 13.2 Å². The number of benzene rings is 1. The Morgan fingerprint density at radius 1 is 1.11 bits per heavy atom. The SMILES string of the molecule is O=C(C[NH+]1CCN(C(=O)c2ccco2)CC1)Nc1ccc(C(F)(F)F)cc1. The van der Waals surface area contributed by atoms with E-state index < -0.39 is 11.7 Å². The molecule has 1 saturated heterocycles. The number of anilines is 1. The van der Waals surface area contributed by atoms with E-state index >= 15 is 0 Å². The average molecular weight is 382 g/mol. The van der Waals surface area contributed by atoms with Crippen molar-refractivity contribution in [1.82, 2.24) is 4.90 Å². The third-order valence-electron chi connectivity index (χ3n) is 4.40. The molecule has 9 heteroatoms. The summed E-state index contributed by atoms with van der Waals surface area (Å²) in [7, 11) is 0. The highest BCUT2D eigenvalue weighted by atomic mass is 19.4. The number of quaternary nitrogens is 1. The van der Waals surface area contributed by atoms with Crippen LogP contribution in [0.1, 0.15) is 16.1 Å². The van der Waals surface area contributed by atoms with Gasteiger partial charge in [0.2, 0.25) is 0 Å². The summed E-state index contributed by atoms with van der Waals surface area (Å²) in [5.74, 6) is -0.165. The number of piperazine rings is 1. The molecule has 0 spiro atoms. The van der Waals surface area contributed by atoms with Gasteiger partial charge in [0, 0.05) is 5.69 Å². The highest BCUT2D eigenvalue weighted by Gasteiger charge is 2.30. The van der Waals surface area contributed by atoms with Gasteiger partial charge in [-0.05, 0) is 36.4 Å². The number of rotatable bonds is 4. The summed E-state index contributed by atoms with van der Waals surface area (Å²) in [6.07, 6.45) is -2.96. The minimum absolute atomic E-state index is 0.173. The normalized spacial score (nSPS) is 15.6. The first kappa shape index (κ1) is 19.0. The van der Waals surface area contributed by atoms with Crippen LogP contribution in [0.4, 0.5) is 18.9 Å². The molecular formula is C18H19F3N3O3+. The second-order valence-corrected chi connectivity index (χ2v) is 6.32. The van der Waals surface area contributed by atoms with Gasteiger partial charge in [-0.25, -0.2) is 0 Å². The molecule has 0 bridgehead atoms. The van der Waals surface area contributed by atoms with Gasteiger partial charge in [0.05, 0.1) is 38.0 Å². The van der Waals surface area contributed by atoms with Gasteiger partial charge >= 0.3 is 6.18 Å². The van der Waals surface area contributed by atoms with Gasteiger partial charge in [-0.3, -0.25) is 9.59 Å². The predicted molar refractivity (Wildman–Crippen MR) is 90.2 cm³/mol. The van der Waals surface area contributed by atoms with E-state index in [4.69, 9.17) is 4.42 Å². The fraction of sp³-hybridized carbons (Fsp3) is 0.333. The number of nitrogens with one attached hydrogen (secondary N) is 2. The van der Waals surface area contributed by atoms with Crippen LogP contribution >= 0.6 is 0 Å². The molecule has 144 valence electrons. The van der Waals surface area contributed by atoms with E-state index in [2.05, 4.69) is 5.32 Å². The topological polar surface area (TPSA) is 67.0 Å². The minimum Gasteiger partial charge on any atom is -0.459 e. The van der Waals surface area contributed by atoms with Crippen molar-refractivity contribution in [3.8, 4) is 0 Å². The summed E-state index contributed by atoms with van der Waals surface area (Å²) in [5, 5.41) is 2.60. The molecule has 1 aliphatic heterocycles. The van der Waals surface area contributed by atoms with Crippen LogP contribution in [0, 0.1) is 0 Å². The van der Waals surface area contributed by atoms with Crippen molar-refractivity contribution in [2.45, 2.75) is 6.18 Å². The zero-order chi connectivity index (χ0) is 19.4. The summed E-state index contributed by atoms with van der Waals surface area (Å²) in [6.45, 7) is 2.40. The molecule has 0 saturated carbocycles. The Balaban J connectivity index is 1.46. The van der Waals surface area contributed by atoms with Gasteiger partial charge in [-0.15, -0.1) is 0 Å². The van der Waals surface area contributed by atoms with Crippen molar-refractivity contribution in [3.05, 3.63) is 54.0 Å². The van der Waals surface area contributed by atoms with Crippen LogP contribution in [-0.4, -0.2) is 49.4 Å². The van der Waals surface area contributed by atoms with E-state index in [1.807, 2.05) is 0 Å². The molecule has 1 aromatic carbocycles. The maximum atomic E-state index is 12.5. The lowest BCUT2D eigenvalue weighted by Crippen LogP contribution is -3.15. The van der Waals surface area contributed by atoms with Gasteiger partial charge in [0.1, 0.15) is 0 Å². The first-order valence-corrected chi connectivity index (χ1v) is 8.46. The van der Waals surface area contributed by atoms with E-state index in [9.17, 15) is 22.8 Å². The molecule has 0 unspecified atom stereocenters. The summed E-state index contributed by atoms with van der Waals surface area (Å²) in [4.78, 5) is 27.0. The number of carbonyl (C=O) groups is 2. The first-order chi connectivity index (χ1) is 12.8. The quantitative estimate of drug-likeness (QED) is 0.837. The Morgan fingerprint density at radius 2 is 1.78 bits per heavy atom. The summed E-state index contributed by atoms with van der Waals surface area (Å²) >= 11 is 0. The molecule has 27 heavy (non-hydrogen) atoms. The summed E-state index contributed by atoms with van der Waals surface area (Å²) in [5.41, 5.74) is -0.442. The van der Waals surface area contributed by atoms with Gasteiger partial charge in [0.25, 0.3) is 11.8 Å². The van der Waals surface area contributed by atoms with Crippen LogP contribution in [0.15, 0.2) is 47.1 Å². The van der Waals surface area contributed by atoms with Crippen molar-refractivity contribution in [2.24, 2.45) is 0 Å². The van der Waals surface area contributed by atoms with Crippen molar-refractivity contribution in [1.29, 1.82) is 0 Å². The van der Waals surface area contributed by atoms with Crippen LogP contribution in [0.25, 0.3) is 0 Å². The molecule has 1 fully saturated rings. The lowest BCUT2D eigenvalue weighted by Gasteiger charge is -2.31. The van der Waals surface area contributed by atoms with E-state index in [0.29, 0.717) is 37.6 Å². The van der Waals surface area contributed by atoms with Crippen molar-refractivity contribution < 1.29 is 32.1 Å². The van der Waals surface area contributed by atoms with E-state index in [1.54, 1.807) is 17.0 Å². The Morgan fingerprint density at radius 3 is 2.33 bits per heavy atom. The Bertz CT molecular complexity index is 780. The molecule has 0 atom stereocenters. The Kier molecular flexibility index (Phi) is 5.50. The molecule has 6 nitrogen and oxygen atoms in total. The maximum absolute atomic E-state index is 12.5. The third kappa shape index (κ3) is 4.88. The number of nitrogens with zero attached hydrogens (tertiary/aromatic N) is 1. The molecular weight excluding hydrogens is 363 g/mol. The smallest absolute Gasteiger partial charge is 0.416 e. The minimum atomic E-state index is -4.40. The number of furan rings is 1. The number of hydrogen-bond acceptors (Lipinski definition) is 3. The average Bonchev–Trinajstić information content (AvgIpc) is 3.16. The molecule has 2 amide bonds. The number of halogens is 3. The van der Waals surface area contributed by atoms with Crippen LogP contribution in [0.5, 0.6) is 0 Å². The molecule has 2 N–H and O–H groups in total. The lowest BCUT2D eigenvalue weighted by atomic mass is 10.2. The number of hydrogen-bond donors (Lipinski definition) is 2. The maximum Gasteiger partial charge on any atom is 0.416 e. The fourth-order valence-electron chi connectivity index (χ4n) is 2.93. The molecule has 2 heterocycles. The summed E-state index contributed by atoms with van der Waals surface area (Å²) < 4.78 is 42.7. The van der Waals surface area contributed by atoms with Gasteiger partial charge in [-0.1, -0.05) is 0 Å². The van der Waals surface area contributed by atoms with E-state index in [-0.39, 0.29) is 18.4 Å². The van der Waals surface area contributed by atoms with Crippen molar-refractivity contribution in [2.75, 3.05) is 38.0 Å². The van der Waals surface area contributed by atoms with Crippen LogP contribution < -0.4 is 10.2 Å². The summed E-state index contributed by atoms with van der Waals surface area (Å²) in [6, 6.07) is 7.59. The number of alkyl halides is 3. The molecule has 1 aromatic heterocycles. The van der Waals surface area contributed by atoms with E-state index in [1.165, 1.54) is 18.4 Å². The van der Waals surface area contributed by atoms with Crippen molar-refractivity contribution >= 4 is 17.5 Å². The van der Waals surface area contributed by atoms with Gasteiger partial charge in [0.15, 0.2) is 12.3 Å². The molecule has 0 aliphatic carbocycles. The van der Waals surface area contributed by atoms with Crippen LogP contribution in [0.2, 0.25) is 0 Å². The highest BCUT2D eigenvalue weighted by Crippen LogP contribution is 2.29. The second kappa shape index (κ2) is 7.83.